The first-order valence-electron chi connectivity index (χ1n) is 24.4. The Kier molecular flexibility index (Phi) is 15.5. The van der Waals surface area contributed by atoms with E-state index in [1.165, 1.54) is 15.9 Å². The summed E-state index contributed by atoms with van der Waals surface area (Å²) in [4.78, 5) is 90.0. The van der Waals surface area contributed by atoms with E-state index in [-0.39, 0.29) is 65.7 Å². The molecular weight excluding hydrogens is 1190 g/mol. The molecule has 8 aromatic rings. The van der Waals surface area contributed by atoms with Crippen LogP contribution in [0.25, 0.3) is 38.2 Å². The van der Waals surface area contributed by atoms with Crippen molar-refractivity contribution in [3.63, 3.8) is 0 Å². The first-order chi connectivity index (χ1) is 35.9. The van der Waals surface area contributed by atoms with Gasteiger partial charge in [0.1, 0.15) is 5.69 Å². The molecule has 376 valence electrons. The Balaban J connectivity index is 0.00000689. The molecule has 1 N–H and O–H groups in total. The van der Waals surface area contributed by atoms with Gasteiger partial charge in [-0.15, -0.1) is 16.2 Å². The van der Waals surface area contributed by atoms with Gasteiger partial charge in [0.2, 0.25) is 5.91 Å². The van der Waals surface area contributed by atoms with Gasteiger partial charge in [0, 0.05) is 105 Å². The van der Waals surface area contributed by atoms with Gasteiger partial charge in [-0.05, 0) is 86.5 Å². The van der Waals surface area contributed by atoms with Crippen LogP contribution < -0.4 is 20.9 Å². The van der Waals surface area contributed by atoms with Gasteiger partial charge in [0.05, 0.1) is 34.7 Å². The molecule has 2 aliphatic rings. The maximum Gasteiger partial charge on any atom is 0.332 e. The number of benzene rings is 5. The molecule has 5 heterocycles. The number of nitrogens with one attached hydrogen (secondary N) is 1. The van der Waals surface area contributed by atoms with Gasteiger partial charge in [0.25, 0.3) is 11.5 Å². The summed E-state index contributed by atoms with van der Waals surface area (Å²) < 4.78 is 2.83. The number of thiophene rings is 1. The van der Waals surface area contributed by atoms with Gasteiger partial charge in [0.15, 0.2) is 11.5 Å². The van der Waals surface area contributed by atoms with Crippen LogP contribution in [0.2, 0.25) is 0 Å². The van der Waals surface area contributed by atoms with Crippen LogP contribution in [-0.2, 0) is 17.9 Å². The van der Waals surface area contributed by atoms with E-state index in [2.05, 4.69) is 5.18 Å². The van der Waals surface area contributed by atoms with Crippen molar-refractivity contribution < 1.29 is 50.4 Å². The number of rotatable bonds is 13. The monoisotopic (exact) mass is 1240 g/mol. The summed E-state index contributed by atoms with van der Waals surface area (Å²) >= 11 is 1.36. The molecule has 2 saturated heterocycles. The van der Waals surface area contributed by atoms with Gasteiger partial charge in [-0.3, -0.25) is 28.5 Å². The van der Waals surface area contributed by atoms with Crippen LogP contribution in [0.1, 0.15) is 45.0 Å². The summed E-state index contributed by atoms with van der Waals surface area (Å²) in [7, 11) is 0. The van der Waals surface area contributed by atoms with Gasteiger partial charge in [-0.1, -0.05) is 115 Å². The zero-order valence-electron chi connectivity index (χ0n) is 41.3. The van der Waals surface area contributed by atoms with Crippen LogP contribution in [0, 0.1) is 46.8 Å². The predicted molar refractivity (Wildman–Crippen MR) is 290 cm³/mol. The second kappa shape index (κ2) is 22.4. The topological polar surface area (TPSA) is 188 Å². The van der Waals surface area contributed by atoms with Gasteiger partial charge in [-0.25, -0.2) is 0 Å². The Hall–Kier alpha value is -7.78. The van der Waals surface area contributed by atoms with Crippen molar-refractivity contribution in [3.8, 4) is 0 Å². The maximum absolute atomic E-state index is 14.3. The van der Waals surface area contributed by atoms with E-state index in [1.54, 1.807) is 75.9 Å². The van der Waals surface area contributed by atoms with E-state index in [0.29, 0.717) is 107 Å². The molecule has 0 spiro atoms. The number of allylic oxidation sites excluding steroid dienone is 3. The number of Topliss-reactive ketones (excluding diaryl/α,β-unsaturated/α-hetero) is 1. The Morgan fingerprint density at radius 2 is 1.28 bits per heavy atom. The largest absolute Gasteiger partial charge is 0.594 e. The molecule has 0 aliphatic carbocycles. The molecule has 5 aromatic carbocycles. The van der Waals surface area contributed by atoms with Gasteiger partial charge in [-0.2, -0.15) is 0 Å². The fourth-order valence-electron chi connectivity index (χ4n) is 10.3. The van der Waals surface area contributed by atoms with Crippen molar-refractivity contribution in [2.75, 3.05) is 62.2 Å². The third kappa shape index (κ3) is 10.1. The fourth-order valence-corrected chi connectivity index (χ4v) is 11.0. The molecule has 2 amide bonds. The van der Waals surface area contributed by atoms with Crippen molar-refractivity contribution in [1.82, 2.24) is 18.9 Å². The number of pyridine rings is 2. The molecule has 18 heteroatoms. The van der Waals surface area contributed by atoms with Crippen molar-refractivity contribution in [2.45, 2.75) is 26.9 Å². The molecule has 75 heavy (non-hydrogen) atoms. The molecule has 0 unspecified atom stereocenters. The Morgan fingerprint density at radius 3 is 1.91 bits per heavy atom. The molecule has 0 radical (unpaired) electrons. The second-order valence-electron chi connectivity index (χ2n) is 18.4. The van der Waals surface area contributed by atoms with Crippen molar-refractivity contribution in [1.29, 1.82) is 5.53 Å². The van der Waals surface area contributed by atoms with Crippen LogP contribution in [0.5, 0.6) is 0 Å². The zero-order chi connectivity index (χ0) is 51.6. The first-order valence-corrected chi connectivity index (χ1v) is 25.2. The van der Waals surface area contributed by atoms with Crippen LogP contribution in [0.4, 0.5) is 22.7 Å². The van der Waals surface area contributed by atoms with Crippen LogP contribution in [0.15, 0.2) is 165 Å². The van der Waals surface area contributed by atoms with Crippen molar-refractivity contribution in [2.24, 2.45) is 5.18 Å². The van der Waals surface area contributed by atoms with E-state index in [1.807, 2.05) is 107 Å². The number of piperazine rings is 2. The number of fused-ring (bicyclic) bond motifs is 3. The summed E-state index contributed by atoms with van der Waals surface area (Å²) in [6, 6.07) is 38.9. The summed E-state index contributed by atoms with van der Waals surface area (Å²) in [6.45, 7) is 6.13. The van der Waals surface area contributed by atoms with E-state index >= 15 is 0 Å². The molecule has 16 nitrogen and oxygen atoms in total. The van der Waals surface area contributed by atoms with E-state index in [0.717, 1.165) is 16.3 Å². The predicted octanol–water partition coefficient (Wildman–Crippen LogP) is 9.69. The molecule has 10 rings (SSSR count). The minimum atomic E-state index is -0.784. The second-order valence-corrected chi connectivity index (χ2v) is 19.3. The van der Waals surface area contributed by atoms with Crippen LogP contribution in [0.3, 0.4) is 0 Å². The standard InChI is InChI=1S/C57H51N9O7S.U/c1-3-11-43(37(2)54(68)62-29-25-60(26-30-62)51-44-14-6-8-16-46(44)64(56(70)50(51)59-72)35-38-19-20-39-12-4-5-13-42(39)34-38)40-21-23-41(24-22-40)48(67)36-65-47-17-9-7-15-45(47)52(53(57(65)71)66(58)73)61-27-31-63(32-28-61)55(69)49-18-10-33-74-49;/h3-24,33-34,58H,25-32,35-36H2,1-2H3;/b11-3-,43-37-,66-58?;. The van der Waals surface area contributed by atoms with Crippen molar-refractivity contribution >= 4 is 89.8 Å². The summed E-state index contributed by atoms with van der Waals surface area (Å²) in [5.41, 5.74) is 11.1. The van der Waals surface area contributed by atoms with E-state index in [9.17, 15) is 34.1 Å². The minimum absolute atomic E-state index is 0. The molecule has 0 atom stereocenters. The average molecular weight is 1240 g/mol. The minimum Gasteiger partial charge on any atom is -0.594 e. The molecule has 0 bridgehead atoms. The maximum atomic E-state index is 14.3. The van der Waals surface area contributed by atoms with Gasteiger partial charge < -0.3 is 29.4 Å². The average Bonchev–Trinajstić information content (AvgIpc) is 3.99. The molecule has 0 saturated carbocycles. The number of carbonyl (C=O) groups excluding carboxylic acids is 3. The number of ketones is 1. The first kappa shape index (κ1) is 52.1. The number of aromatic nitrogens is 2. The number of carbonyl (C=O) groups is 3. The number of nitroso groups, excluding NO2 is 1. The number of nitrogens with zero attached hydrogens (tertiary/aromatic N) is 8. The number of amides is 2. The molecular formula is C57H51N9O7SU. The van der Waals surface area contributed by atoms with E-state index in [4.69, 9.17) is 5.53 Å². The SMILES string of the molecule is C/C=C\C(=C(/C)C(=O)N1CCN(c2c(N=O)c(=O)n(Cc3ccc4ccccc4c3)c3ccccc23)CC1)c1ccc(C(=O)Cn2c(=O)c([N+](=N)[O-])c(N3CCN(C(=O)c4cccs4)CC3)c3ccccc32)cc1.[U]. The summed E-state index contributed by atoms with van der Waals surface area (Å²) in [5.74, 6) is -0.684. The smallest absolute Gasteiger partial charge is 0.332 e. The fraction of sp³-hybridized carbons (Fsp3) is 0.211. The molecule has 2 fully saturated rings. The Morgan fingerprint density at radius 1 is 0.693 bits per heavy atom. The number of hydrogen-bond acceptors (Lipinski definition) is 12. The number of anilines is 2. The Labute approximate surface area is 458 Å². The third-order valence-electron chi connectivity index (χ3n) is 14.1. The van der Waals surface area contributed by atoms with Gasteiger partial charge >= 0.3 is 11.2 Å². The zero-order valence-corrected chi connectivity index (χ0v) is 46.3. The molecule has 3 aromatic heterocycles. The molecule has 2 aliphatic heterocycles. The number of hydrogen-bond donors (Lipinski definition) is 1. The van der Waals surface area contributed by atoms with Crippen LogP contribution >= 0.6 is 11.3 Å². The Bertz CT molecular complexity index is 3740. The summed E-state index contributed by atoms with van der Waals surface area (Å²) in [5, 5.41) is 21.5. The normalized spacial score (nSPS) is 14.3. The summed E-state index contributed by atoms with van der Waals surface area (Å²) in [6.07, 6.45) is 3.67. The number of para-hydroxylation sites is 2. The van der Waals surface area contributed by atoms with E-state index < -0.39 is 29.1 Å². The third-order valence-corrected chi connectivity index (χ3v) is 14.9. The van der Waals surface area contributed by atoms with Crippen LogP contribution in [-0.4, -0.2) is 93.8 Å². The quantitative estimate of drug-likeness (QED) is 0.0223. The van der Waals surface area contributed by atoms with Crippen molar-refractivity contribution in [3.05, 3.63) is 203 Å².